The van der Waals surface area contributed by atoms with E-state index in [-0.39, 0.29) is 6.10 Å². The van der Waals surface area contributed by atoms with Crippen molar-refractivity contribution >= 4 is 11.8 Å². The van der Waals surface area contributed by atoms with Crippen LogP contribution in [0.1, 0.15) is 19.4 Å². The second-order valence-corrected chi connectivity index (χ2v) is 5.84. The first-order chi connectivity index (χ1) is 9.67. The first-order valence-corrected chi connectivity index (χ1v) is 8.05. The number of nitrogens with one attached hydrogen (secondary N) is 1. The van der Waals surface area contributed by atoms with E-state index in [1.165, 1.54) is 5.56 Å². The zero-order valence-corrected chi connectivity index (χ0v) is 13.5. The number of rotatable bonds is 10. The molecule has 0 spiro atoms. The van der Waals surface area contributed by atoms with Gasteiger partial charge in [-0.1, -0.05) is 12.1 Å². The minimum Gasteiger partial charge on any atom is -0.493 e. The lowest BCUT2D eigenvalue weighted by Crippen LogP contribution is -2.16. The van der Waals surface area contributed by atoms with E-state index in [1.807, 2.05) is 43.8 Å². The summed E-state index contributed by atoms with van der Waals surface area (Å²) in [5.41, 5.74) is 1.20. The van der Waals surface area contributed by atoms with Crippen LogP contribution in [0.25, 0.3) is 0 Å². The van der Waals surface area contributed by atoms with Crippen LogP contribution in [0.3, 0.4) is 0 Å². The molecule has 1 aromatic rings. The Morgan fingerprint density at radius 1 is 1.35 bits per heavy atom. The number of methoxy groups -OCH3 is 1. The largest absolute Gasteiger partial charge is 0.493 e. The van der Waals surface area contributed by atoms with E-state index < -0.39 is 0 Å². The van der Waals surface area contributed by atoms with Crippen LogP contribution < -0.4 is 14.8 Å². The average molecular weight is 295 g/mol. The van der Waals surface area contributed by atoms with Crippen LogP contribution in [0.2, 0.25) is 0 Å². The number of hydrogen-bond acceptors (Lipinski definition) is 4. The molecule has 1 N–H and O–H groups in total. The van der Waals surface area contributed by atoms with E-state index in [1.54, 1.807) is 7.11 Å². The molecule has 0 bridgehead atoms. The molecule has 0 aromatic heterocycles. The summed E-state index contributed by atoms with van der Waals surface area (Å²) in [4.78, 5) is 0. The smallest absolute Gasteiger partial charge is 0.161 e. The SMILES string of the molecule is C=CCSCCNCc1ccc(OC(C)C)c(OC)c1. The Morgan fingerprint density at radius 3 is 2.80 bits per heavy atom. The van der Waals surface area contributed by atoms with E-state index in [2.05, 4.69) is 18.0 Å². The molecule has 3 nitrogen and oxygen atoms in total. The normalized spacial score (nSPS) is 10.6. The molecule has 0 unspecified atom stereocenters. The van der Waals surface area contributed by atoms with Gasteiger partial charge in [0.05, 0.1) is 13.2 Å². The minimum atomic E-state index is 0.148. The minimum absolute atomic E-state index is 0.148. The van der Waals surface area contributed by atoms with E-state index in [9.17, 15) is 0 Å². The van der Waals surface area contributed by atoms with Crippen molar-refractivity contribution in [3.05, 3.63) is 36.4 Å². The second-order valence-electron chi connectivity index (χ2n) is 4.69. The third-order valence-electron chi connectivity index (χ3n) is 2.58. The van der Waals surface area contributed by atoms with Crippen molar-refractivity contribution in [1.29, 1.82) is 0 Å². The fraction of sp³-hybridized carbons (Fsp3) is 0.500. The summed E-state index contributed by atoms with van der Waals surface area (Å²) >= 11 is 1.88. The maximum atomic E-state index is 5.70. The molecule has 20 heavy (non-hydrogen) atoms. The van der Waals surface area contributed by atoms with Crippen molar-refractivity contribution in [3.8, 4) is 11.5 Å². The van der Waals surface area contributed by atoms with Crippen LogP contribution >= 0.6 is 11.8 Å². The molecule has 1 aromatic carbocycles. The molecule has 0 fully saturated rings. The number of ether oxygens (including phenoxy) is 2. The van der Waals surface area contributed by atoms with Crippen molar-refractivity contribution in [2.45, 2.75) is 26.5 Å². The lowest BCUT2D eigenvalue weighted by Gasteiger charge is -2.14. The van der Waals surface area contributed by atoms with Crippen LogP contribution in [0.15, 0.2) is 30.9 Å². The molecule has 0 amide bonds. The average Bonchev–Trinajstić information content (AvgIpc) is 2.43. The Hall–Kier alpha value is -1.13. The topological polar surface area (TPSA) is 30.5 Å². The van der Waals surface area contributed by atoms with Crippen LogP contribution in [0.4, 0.5) is 0 Å². The fourth-order valence-electron chi connectivity index (χ4n) is 1.72. The zero-order chi connectivity index (χ0) is 14.8. The molecule has 0 heterocycles. The van der Waals surface area contributed by atoms with Crippen molar-refractivity contribution in [3.63, 3.8) is 0 Å². The first kappa shape index (κ1) is 16.9. The van der Waals surface area contributed by atoms with Gasteiger partial charge in [-0.05, 0) is 31.5 Å². The molecule has 0 radical (unpaired) electrons. The highest BCUT2D eigenvalue weighted by Crippen LogP contribution is 2.28. The highest BCUT2D eigenvalue weighted by molar-refractivity contribution is 7.99. The Kier molecular flexibility index (Phi) is 8.23. The van der Waals surface area contributed by atoms with Crippen molar-refractivity contribution < 1.29 is 9.47 Å². The maximum absolute atomic E-state index is 5.70. The Morgan fingerprint density at radius 2 is 2.15 bits per heavy atom. The summed E-state index contributed by atoms with van der Waals surface area (Å²) in [6.07, 6.45) is 2.08. The molecule has 0 aliphatic rings. The molecule has 112 valence electrons. The van der Waals surface area contributed by atoms with Gasteiger partial charge in [0.2, 0.25) is 0 Å². The highest BCUT2D eigenvalue weighted by atomic mass is 32.2. The van der Waals surface area contributed by atoms with E-state index in [4.69, 9.17) is 9.47 Å². The third-order valence-corrected chi connectivity index (χ3v) is 3.54. The summed E-state index contributed by atoms with van der Waals surface area (Å²) in [7, 11) is 1.67. The molecular weight excluding hydrogens is 270 g/mol. The molecular formula is C16H25NO2S. The predicted octanol–water partition coefficient (Wildman–Crippen LogP) is 3.49. The molecule has 0 atom stereocenters. The number of thioether (sulfide) groups is 1. The lowest BCUT2D eigenvalue weighted by molar-refractivity contribution is 0.230. The van der Waals surface area contributed by atoms with Crippen LogP contribution in [-0.4, -0.2) is 31.3 Å². The van der Waals surface area contributed by atoms with Crippen molar-refractivity contribution in [1.82, 2.24) is 5.32 Å². The quantitative estimate of drug-likeness (QED) is 0.529. The van der Waals surface area contributed by atoms with Crippen molar-refractivity contribution in [2.24, 2.45) is 0 Å². The maximum Gasteiger partial charge on any atom is 0.161 e. The number of hydrogen-bond donors (Lipinski definition) is 1. The molecule has 0 saturated carbocycles. The van der Waals surface area contributed by atoms with Gasteiger partial charge >= 0.3 is 0 Å². The van der Waals surface area contributed by atoms with Crippen LogP contribution in [-0.2, 0) is 6.54 Å². The van der Waals surface area contributed by atoms with Gasteiger partial charge in [0.25, 0.3) is 0 Å². The Balaban J connectivity index is 2.44. The van der Waals surface area contributed by atoms with Gasteiger partial charge in [0, 0.05) is 24.6 Å². The lowest BCUT2D eigenvalue weighted by atomic mass is 10.2. The van der Waals surface area contributed by atoms with Gasteiger partial charge in [-0.15, -0.1) is 6.58 Å². The van der Waals surface area contributed by atoms with Crippen LogP contribution in [0, 0.1) is 0 Å². The number of benzene rings is 1. The van der Waals surface area contributed by atoms with E-state index in [0.29, 0.717) is 0 Å². The highest BCUT2D eigenvalue weighted by Gasteiger charge is 2.07. The van der Waals surface area contributed by atoms with Gasteiger partial charge < -0.3 is 14.8 Å². The van der Waals surface area contributed by atoms with Gasteiger partial charge in [-0.25, -0.2) is 0 Å². The molecule has 1 rings (SSSR count). The summed E-state index contributed by atoms with van der Waals surface area (Å²) in [5, 5.41) is 3.42. The standard InChI is InChI=1S/C16H25NO2S/c1-5-9-20-10-8-17-12-14-6-7-15(19-13(2)3)16(11-14)18-4/h5-7,11,13,17H,1,8-10,12H2,2-4H3. The van der Waals surface area contributed by atoms with Gasteiger partial charge in [-0.2, -0.15) is 11.8 Å². The van der Waals surface area contributed by atoms with Gasteiger partial charge in [-0.3, -0.25) is 0 Å². The molecule has 0 saturated heterocycles. The zero-order valence-electron chi connectivity index (χ0n) is 12.6. The fourth-order valence-corrected chi connectivity index (χ4v) is 2.34. The van der Waals surface area contributed by atoms with Crippen molar-refractivity contribution in [2.75, 3.05) is 25.2 Å². The van der Waals surface area contributed by atoms with E-state index >= 15 is 0 Å². The second kappa shape index (κ2) is 9.72. The summed E-state index contributed by atoms with van der Waals surface area (Å²) in [6.45, 7) is 9.56. The van der Waals surface area contributed by atoms with Gasteiger partial charge in [0.15, 0.2) is 11.5 Å². The van der Waals surface area contributed by atoms with Crippen LogP contribution in [0.5, 0.6) is 11.5 Å². The Bertz CT molecular complexity index is 407. The molecule has 0 aliphatic carbocycles. The monoisotopic (exact) mass is 295 g/mol. The molecule has 4 heteroatoms. The van der Waals surface area contributed by atoms with E-state index in [0.717, 1.165) is 36.1 Å². The predicted molar refractivity (Wildman–Crippen MR) is 88.0 cm³/mol. The summed E-state index contributed by atoms with van der Waals surface area (Å²) in [6, 6.07) is 6.08. The summed E-state index contributed by atoms with van der Waals surface area (Å²) < 4.78 is 11.1. The first-order valence-electron chi connectivity index (χ1n) is 6.90. The Labute approximate surface area is 126 Å². The van der Waals surface area contributed by atoms with Gasteiger partial charge in [0.1, 0.15) is 0 Å². The summed E-state index contributed by atoms with van der Waals surface area (Å²) in [5.74, 6) is 3.70. The third kappa shape index (κ3) is 6.35. The molecule has 0 aliphatic heterocycles.